The highest BCUT2D eigenvalue weighted by Gasteiger charge is 2.52. The van der Waals surface area contributed by atoms with Crippen LogP contribution in [0.3, 0.4) is 0 Å². The van der Waals surface area contributed by atoms with Crippen LogP contribution in [0.5, 0.6) is 0 Å². The topological polar surface area (TPSA) is 130 Å². The Balaban J connectivity index is 3.24. The minimum Gasteiger partial charge on any atom is -0.289 e. The summed E-state index contributed by atoms with van der Waals surface area (Å²) in [6, 6.07) is 2.19. The van der Waals surface area contributed by atoms with Crippen LogP contribution in [0.4, 0.5) is 18.9 Å². The fourth-order valence-corrected chi connectivity index (χ4v) is 2.79. The summed E-state index contributed by atoms with van der Waals surface area (Å²) in [5, 5.41) is 19.0. The van der Waals surface area contributed by atoms with Crippen LogP contribution in [0.15, 0.2) is 24.3 Å². The number of amides is 1. The average Bonchev–Trinajstić information content (AvgIpc) is 2.50. The zero-order valence-corrected chi connectivity index (χ0v) is 12.8. The van der Waals surface area contributed by atoms with Gasteiger partial charge in [-0.3, -0.25) is 20.1 Å². The van der Waals surface area contributed by atoms with Crippen molar-refractivity contribution in [3.63, 3.8) is 0 Å². The molecule has 24 heavy (non-hydrogen) atoms. The van der Waals surface area contributed by atoms with Gasteiger partial charge in [0.1, 0.15) is 6.04 Å². The van der Waals surface area contributed by atoms with Crippen molar-refractivity contribution in [2.45, 2.75) is 25.0 Å². The molecule has 0 radical (unpaired) electrons. The maximum Gasteiger partial charge on any atom is 0.511 e. The first-order chi connectivity index (χ1) is 10.9. The molecular formula is C11H12F3N3O6S. The molecule has 9 nitrogen and oxygen atoms in total. The van der Waals surface area contributed by atoms with Gasteiger partial charge in [-0.2, -0.15) is 17.5 Å². The lowest BCUT2D eigenvalue weighted by Crippen LogP contribution is -2.50. The number of nitrogens with one attached hydrogen (secondary N) is 1. The van der Waals surface area contributed by atoms with Gasteiger partial charge in [0.15, 0.2) is 0 Å². The largest absolute Gasteiger partial charge is 0.511 e. The van der Waals surface area contributed by atoms with E-state index >= 15 is 0 Å². The van der Waals surface area contributed by atoms with E-state index in [2.05, 4.69) is 0 Å². The molecule has 1 unspecified atom stereocenters. The number of rotatable bonds is 6. The van der Waals surface area contributed by atoms with Crippen LogP contribution < -0.4 is 5.48 Å². The molecule has 0 heterocycles. The minimum absolute atomic E-state index is 0.0222. The highest BCUT2D eigenvalue weighted by Crippen LogP contribution is 2.30. The SMILES string of the molecule is CC(C(=O)NO)N(Cc1ccc([N+](=O)[O-])cc1)S(=O)(=O)C(F)(F)F. The third-order valence-electron chi connectivity index (χ3n) is 3.01. The number of non-ortho nitro benzene ring substituents is 1. The molecule has 0 fully saturated rings. The van der Waals surface area contributed by atoms with Gasteiger partial charge in [-0.1, -0.05) is 12.1 Å². The van der Waals surface area contributed by atoms with E-state index in [-0.39, 0.29) is 15.6 Å². The van der Waals surface area contributed by atoms with Gasteiger partial charge in [-0.05, 0) is 12.5 Å². The van der Waals surface area contributed by atoms with Gasteiger partial charge < -0.3 is 0 Å². The molecule has 0 aliphatic carbocycles. The first-order valence-electron chi connectivity index (χ1n) is 6.17. The van der Waals surface area contributed by atoms with Gasteiger partial charge in [-0.25, -0.2) is 13.9 Å². The molecule has 1 amide bonds. The second kappa shape index (κ2) is 7.11. The van der Waals surface area contributed by atoms with E-state index in [1.807, 2.05) is 0 Å². The second-order valence-electron chi connectivity index (χ2n) is 4.57. The molecule has 1 aromatic carbocycles. The van der Waals surface area contributed by atoms with Crippen LogP contribution in [0.1, 0.15) is 12.5 Å². The minimum atomic E-state index is -5.89. The molecule has 0 aliphatic heterocycles. The van der Waals surface area contributed by atoms with Crippen molar-refractivity contribution < 1.29 is 36.5 Å². The highest BCUT2D eigenvalue weighted by molar-refractivity contribution is 7.90. The lowest BCUT2D eigenvalue weighted by molar-refractivity contribution is -0.384. The molecule has 1 aromatic rings. The number of hydroxylamine groups is 1. The van der Waals surface area contributed by atoms with E-state index < -0.39 is 38.9 Å². The van der Waals surface area contributed by atoms with Gasteiger partial charge in [0.05, 0.1) is 4.92 Å². The molecule has 1 rings (SSSR count). The molecule has 134 valence electrons. The van der Waals surface area contributed by atoms with Crippen molar-refractivity contribution in [2.24, 2.45) is 0 Å². The number of halogens is 3. The van der Waals surface area contributed by atoms with Gasteiger partial charge >= 0.3 is 15.5 Å². The summed E-state index contributed by atoms with van der Waals surface area (Å²) in [6.45, 7) is -0.0331. The zero-order valence-electron chi connectivity index (χ0n) is 12.0. The first-order valence-corrected chi connectivity index (χ1v) is 7.61. The van der Waals surface area contributed by atoms with Crippen molar-refractivity contribution in [1.29, 1.82) is 0 Å². The molecule has 1 atom stereocenters. The predicted octanol–water partition coefficient (Wildman–Crippen LogP) is 1.14. The van der Waals surface area contributed by atoms with Crippen molar-refractivity contribution in [1.82, 2.24) is 9.79 Å². The molecule has 0 aliphatic rings. The Hall–Kier alpha value is -2.25. The van der Waals surface area contributed by atoms with Crippen LogP contribution >= 0.6 is 0 Å². The van der Waals surface area contributed by atoms with Crippen molar-refractivity contribution in [3.05, 3.63) is 39.9 Å². The van der Waals surface area contributed by atoms with Gasteiger partial charge in [0, 0.05) is 18.7 Å². The predicted molar refractivity (Wildman–Crippen MR) is 73.0 cm³/mol. The quantitative estimate of drug-likeness (QED) is 0.438. The number of nitro groups is 1. The number of hydrogen-bond acceptors (Lipinski definition) is 6. The van der Waals surface area contributed by atoms with Crippen molar-refractivity contribution in [2.75, 3.05) is 0 Å². The fraction of sp³-hybridized carbons (Fsp3) is 0.364. The van der Waals surface area contributed by atoms with E-state index in [1.165, 1.54) is 0 Å². The number of benzene rings is 1. The number of sulfonamides is 1. The molecule has 0 bridgehead atoms. The van der Waals surface area contributed by atoms with Crippen LogP contribution in [0.25, 0.3) is 0 Å². The monoisotopic (exact) mass is 371 g/mol. The third-order valence-corrected chi connectivity index (χ3v) is 4.66. The van der Waals surface area contributed by atoms with Crippen molar-refractivity contribution >= 4 is 21.6 Å². The Morgan fingerprint density at radius 3 is 2.25 bits per heavy atom. The van der Waals surface area contributed by atoms with Gasteiger partial charge in [-0.15, -0.1) is 0 Å². The van der Waals surface area contributed by atoms with Crippen LogP contribution in [0.2, 0.25) is 0 Å². The number of hydrogen-bond donors (Lipinski definition) is 2. The van der Waals surface area contributed by atoms with Crippen LogP contribution in [0, 0.1) is 10.1 Å². The van der Waals surface area contributed by atoms with Crippen LogP contribution in [-0.2, 0) is 21.4 Å². The number of carbonyl (C=O) groups is 1. The second-order valence-corrected chi connectivity index (χ2v) is 6.45. The van der Waals surface area contributed by atoms with E-state index in [0.29, 0.717) is 0 Å². The molecule has 0 saturated heterocycles. The summed E-state index contributed by atoms with van der Waals surface area (Å²) in [4.78, 5) is 21.1. The molecule has 13 heteroatoms. The lowest BCUT2D eigenvalue weighted by Gasteiger charge is -2.27. The molecular weight excluding hydrogens is 359 g/mol. The van der Waals surface area contributed by atoms with Crippen molar-refractivity contribution in [3.8, 4) is 0 Å². The summed E-state index contributed by atoms with van der Waals surface area (Å²) in [7, 11) is -5.89. The Morgan fingerprint density at radius 1 is 1.38 bits per heavy atom. The summed E-state index contributed by atoms with van der Waals surface area (Å²) < 4.78 is 61.4. The first kappa shape index (κ1) is 19.8. The Kier molecular flexibility index (Phi) is 5.86. The maximum atomic E-state index is 12.8. The summed E-state index contributed by atoms with van der Waals surface area (Å²) in [5.74, 6) is -1.37. The van der Waals surface area contributed by atoms with Crippen LogP contribution in [-0.4, -0.2) is 40.3 Å². The summed E-state index contributed by atoms with van der Waals surface area (Å²) in [6.07, 6.45) is 0. The lowest BCUT2D eigenvalue weighted by atomic mass is 10.2. The number of alkyl halides is 3. The Labute approximate surface area is 133 Å². The summed E-state index contributed by atoms with van der Waals surface area (Å²) in [5.41, 5.74) is -4.96. The third kappa shape index (κ3) is 4.18. The smallest absolute Gasteiger partial charge is 0.289 e. The zero-order chi connectivity index (χ0) is 18.7. The Morgan fingerprint density at radius 2 is 1.88 bits per heavy atom. The molecule has 2 N–H and O–H groups in total. The van der Waals surface area contributed by atoms with Gasteiger partial charge in [0.25, 0.3) is 11.6 Å². The average molecular weight is 371 g/mol. The molecule has 0 aromatic heterocycles. The molecule has 0 spiro atoms. The summed E-state index contributed by atoms with van der Waals surface area (Å²) >= 11 is 0. The Bertz CT molecular complexity index is 720. The maximum absolute atomic E-state index is 12.8. The number of carbonyl (C=O) groups excluding carboxylic acids is 1. The van der Waals surface area contributed by atoms with E-state index in [0.717, 1.165) is 36.7 Å². The van der Waals surface area contributed by atoms with E-state index in [4.69, 9.17) is 5.21 Å². The number of nitrogens with zero attached hydrogens (tertiary/aromatic N) is 2. The number of nitro benzene ring substituents is 1. The standard InChI is InChI=1S/C11H12F3N3O6S/c1-7(10(18)15-19)16(24(22,23)11(12,13)14)6-8-2-4-9(5-3-8)17(20)21/h2-5,7,19H,6H2,1H3,(H,15,18). The van der Waals surface area contributed by atoms with E-state index in [9.17, 15) is 36.5 Å². The van der Waals surface area contributed by atoms with Gasteiger partial charge in [0.2, 0.25) is 0 Å². The molecule has 0 saturated carbocycles. The highest BCUT2D eigenvalue weighted by atomic mass is 32.2. The fourth-order valence-electron chi connectivity index (χ4n) is 1.69. The van der Waals surface area contributed by atoms with E-state index in [1.54, 1.807) is 0 Å². The normalized spacial score (nSPS) is 13.6.